The van der Waals surface area contributed by atoms with Crippen LogP contribution < -0.4 is 5.32 Å². The number of hydrogen-bond acceptors (Lipinski definition) is 3. The van der Waals surface area contributed by atoms with Gasteiger partial charge in [0.1, 0.15) is 0 Å². The van der Waals surface area contributed by atoms with Crippen LogP contribution in [0.25, 0.3) is 0 Å². The maximum atomic E-state index is 9.72. The molecule has 0 aliphatic heterocycles. The van der Waals surface area contributed by atoms with E-state index in [1.54, 1.807) is 0 Å². The van der Waals surface area contributed by atoms with E-state index in [4.69, 9.17) is 0 Å². The Kier molecular flexibility index (Phi) is 6.09. The predicted molar refractivity (Wildman–Crippen MR) is 77.9 cm³/mol. The normalized spacial score (nSPS) is 22.3. The van der Waals surface area contributed by atoms with Gasteiger partial charge in [0.2, 0.25) is 0 Å². The predicted octanol–water partition coefficient (Wildman–Crippen LogP) is 2.25. The van der Waals surface area contributed by atoms with Gasteiger partial charge in [-0.3, -0.25) is 0 Å². The Labute approximate surface area is 113 Å². The third-order valence-corrected chi connectivity index (χ3v) is 4.69. The van der Waals surface area contributed by atoms with Gasteiger partial charge in [0.25, 0.3) is 0 Å². The van der Waals surface area contributed by atoms with Crippen molar-refractivity contribution in [3.63, 3.8) is 0 Å². The van der Waals surface area contributed by atoms with Crippen molar-refractivity contribution in [1.29, 1.82) is 0 Å². The first-order chi connectivity index (χ1) is 8.47. The molecule has 108 valence electrons. The van der Waals surface area contributed by atoms with Crippen molar-refractivity contribution in [2.24, 2.45) is 5.41 Å². The fourth-order valence-corrected chi connectivity index (χ4v) is 2.82. The van der Waals surface area contributed by atoms with Gasteiger partial charge < -0.3 is 15.3 Å². The monoisotopic (exact) mass is 256 g/mol. The second-order valence-corrected chi connectivity index (χ2v) is 6.56. The zero-order chi connectivity index (χ0) is 13.6. The van der Waals surface area contributed by atoms with Crippen molar-refractivity contribution in [2.75, 3.05) is 32.8 Å². The minimum atomic E-state index is -0.0112. The van der Waals surface area contributed by atoms with E-state index < -0.39 is 0 Å². The van der Waals surface area contributed by atoms with E-state index in [9.17, 15) is 5.11 Å². The van der Waals surface area contributed by atoms with Crippen LogP contribution in [0.5, 0.6) is 0 Å². The number of likely N-dealkylation sites (N-methyl/N-ethyl adjacent to an activating group) is 1. The second-order valence-electron chi connectivity index (χ2n) is 6.56. The average Bonchev–Trinajstić information content (AvgIpc) is 2.37. The molecule has 0 heterocycles. The van der Waals surface area contributed by atoms with Crippen molar-refractivity contribution >= 4 is 0 Å². The first-order valence-electron chi connectivity index (χ1n) is 7.55. The molecule has 3 nitrogen and oxygen atoms in total. The summed E-state index contributed by atoms with van der Waals surface area (Å²) in [6, 6.07) is 0. The summed E-state index contributed by atoms with van der Waals surface area (Å²) >= 11 is 0. The van der Waals surface area contributed by atoms with Crippen molar-refractivity contribution in [1.82, 2.24) is 10.2 Å². The molecule has 3 heteroatoms. The fraction of sp³-hybridized carbons (Fsp3) is 1.00. The summed E-state index contributed by atoms with van der Waals surface area (Å²) < 4.78 is 0. The minimum Gasteiger partial charge on any atom is -0.394 e. The molecule has 18 heavy (non-hydrogen) atoms. The van der Waals surface area contributed by atoms with Crippen LogP contribution in [-0.4, -0.2) is 48.3 Å². The smallest absolute Gasteiger partial charge is 0.0613 e. The Morgan fingerprint density at radius 1 is 1.06 bits per heavy atom. The zero-order valence-corrected chi connectivity index (χ0v) is 12.8. The van der Waals surface area contributed by atoms with Crippen LogP contribution in [-0.2, 0) is 0 Å². The molecule has 0 aromatic carbocycles. The standard InChI is InChI=1S/C15H32N2O/c1-5-17(6-2)12-11-16-15(13-18)9-7-14(3,4)8-10-15/h16,18H,5-13H2,1-4H3. The molecule has 0 spiro atoms. The molecule has 0 atom stereocenters. The summed E-state index contributed by atoms with van der Waals surface area (Å²) in [4.78, 5) is 2.42. The summed E-state index contributed by atoms with van der Waals surface area (Å²) in [5, 5.41) is 13.3. The van der Waals surface area contributed by atoms with E-state index in [-0.39, 0.29) is 12.1 Å². The summed E-state index contributed by atoms with van der Waals surface area (Å²) in [7, 11) is 0. The fourth-order valence-electron chi connectivity index (χ4n) is 2.82. The first kappa shape index (κ1) is 15.9. The Balaban J connectivity index is 2.38. The van der Waals surface area contributed by atoms with Crippen LogP contribution in [0.15, 0.2) is 0 Å². The lowest BCUT2D eigenvalue weighted by atomic mass is 9.69. The summed E-state index contributed by atoms with van der Waals surface area (Å²) in [5.41, 5.74) is 0.446. The Morgan fingerprint density at radius 2 is 1.61 bits per heavy atom. The van der Waals surface area contributed by atoms with Gasteiger partial charge in [-0.2, -0.15) is 0 Å². The third-order valence-electron chi connectivity index (χ3n) is 4.69. The highest BCUT2D eigenvalue weighted by Crippen LogP contribution is 2.39. The number of rotatable bonds is 7. The van der Waals surface area contributed by atoms with E-state index in [0.29, 0.717) is 5.41 Å². The second kappa shape index (κ2) is 6.88. The summed E-state index contributed by atoms with van der Waals surface area (Å²) in [5.74, 6) is 0. The van der Waals surface area contributed by atoms with E-state index >= 15 is 0 Å². The summed E-state index contributed by atoms with van der Waals surface area (Å²) in [6.45, 7) is 13.6. The molecule has 0 aromatic heterocycles. The van der Waals surface area contributed by atoms with Gasteiger partial charge in [0.15, 0.2) is 0 Å². The lowest BCUT2D eigenvalue weighted by Crippen LogP contribution is -2.53. The third kappa shape index (κ3) is 4.52. The number of aliphatic hydroxyl groups excluding tert-OH is 1. The average molecular weight is 256 g/mol. The Bertz CT molecular complexity index is 227. The van der Waals surface area contributed by atoms with Crippen LogP contribution in [0, 0.1) is 5.41 Å². The quantitative estimate of drug-likeness (QED) is 0.733. The van der Waals surface area contributed by atoms with Gasteiger partial charge in [-0.05, 0) is 44.2 Å². The Morgan fingerprint density at radius 3 is 2.06 bits per heavy atom. The van der Waals surface area contributed by atoms with E-state index in [1.165, 1.54) is 12.8 Å². The van der Waals surface area contributed by atoms with Gasteiger partial charge in [0, 0.05) is 18.6 Å². The van der Waals surface area contributed by atoms with E-state index in [0.717, 1.165) is 39.0 Å². The maximum absolute atomic E-state index is 9.72. The molecule has 1 aliphatic carbocycles. The number of hydrogen-bond donors (Lipinski definition) is 2. The largest absolute Gasteiger partial charge is 0.394 e. The van der Waals surface area contributed by atoms with E-state index in [1.807, 2.05) is 0 Å². The van der Waals surface area contributed by atoms with Crippen LogP contribution in [0.1, 0.15) is 53.4 Å². The molecule has 0 radical (unpaired) electrons. The highest BCUT2D eigenvalue weighted by Gasteiger charge is 2.37. The van der Waals surface area contributed by atoms with E-state index in [2.05, 4.69) is 37.9 Å². The lowest BCUT2D eigenvalue weighted by molar-refractivity contribution is 0.0741. The molecule has 1 fully saturated rings. The first-order valence-corrected chi connectivity index (χ1v) is 7.55. The molecule has 0 amide bonds. The molecule has 0 bridgehead atoms. The highest BCUT2D eigenvalue weighted by molar-refractivity contribution is 4.95. The van der Waals surface area contributed by atoms with Gasteiger partial charge in [-0.25, -0.2) is 0 Å². The number of aliphatic hydroxyl groups is 1. The molecule has 1 rings (SSSR count). The van der Waals surface area contributed by atoms with Gasteiger partial charge >= 0.3 is 0 Å². The van der Waals surface area contributed by atoms with Crippen LogP contribution >= 0.6 is 0 Å². The molecule has 0 aromatic rings. The topological polar surface area (TPSA) is 35.5 Å². The van der Waals surface area contributed by atoms with Gasteiger partial charge in [0.05, 0.1) is 6.61 Å². The van der Waals surface area contributed by atoms with Crippen molar-refractivity contribution < 1.29 is 5.11 Å². The Hall–Kier alpha value is -0.120. The minimum absolute atomic E-state index is 0.0112. The van der Waals surface area contributed by atoms with Gasteiger partial charge in [-0.1, -0.05) is 27.7 Å². The van der Waals surface area contributed by atoms with Crippen LogP contribution in [0.2, 0.25) is 0 Å². The molecule has 2 N–H and O–H groups in total. The van der Waals surface area contributed by atoms with Crippen LogP contribution in [0.3, 0.4) is 0 Å². The zero-order valence-electron chi connectivity index (χ0n) is 12.8. The SMILES string of the molecule is CCN(CC)CCNC1(CO)CCC(C)(C)CC1. The van der Waals surface area contributed by atoms with Crippen molar-refractivity contribution in [3.05, 3.63) is 0 Å². The highest BCUT2D eigenvalue weighted by atomic mass is 16.3. The number of nitrogens with zero attached hydrogens (tertiary/aromatic N) is 1. The maximum Gasteiger partial charge on any atom is 0.0613 e. The lowest BCUT2D eigenvalue weighted by Gasteiger charge is -2.43. The molecule has 1 saturated carbocycles. The molecule has 0 unspecified atom stereocenters. The number of nitrogens with one attached hydrogen (secondary N) is 1. The van der Waals surface area contributed by atoms with Crippen LogP contribution in [0.4, 0.5) is 0 Å². The molecule has 0 saturated heterocycles. The summed E-state index contributed by atoms with van der Waals surface area (Å²) in [6.07, 6.45) is 4.64. The molecular weight excluding hydrogens is 224 g/mol. The van der Waals surface area contributed by atoms with Crippen molar-refractivity contribution in [3.8, 4) is 0 Å². The van der Waals surface area contributed by atoms with Crippen molar-refractivity contribution in [2.45, 2.75) is 58.9 Å². The molecular formula is C15H32N2O. The van der Waals surface area contributed by atoms with Gasteiger partial charge in [-0.15, -0.1) is 0 Å². The molecule has 1 aliphatic rings.